The highest BCUT2D eigenvalue weighted by molar-refractivity contribution is 5.95. The van der Waals surface area contributed by atoms with Gasteiger partial charge in [0.2, 0.25) is 5.76 Å². The number of hydrogen-bond acceptors (Lipinski definition) is 4. The van der Waals surface area contributed by atoms with Gasteiger partial charge in [-0.15, -0.1) is 0 Å². The zero-order valence-corrected chi connectivity index (χ0v) is 14.7. The first-order valence-electron chi connectivity index (χ1n) is 8.64. The molecule has 0 unspecified atom stereocenters. The second-order valence-electron chi connectivity index (χ2n) is 6.72. The number of benzene rings is 1. The number of nitriles is 1. The van der Waals surface area contributed by atoms with Crippen LogP contribution in [0.5, 0.6) is 0 Å². The Morgan fingerprint density at radius 2 is 2.20 bits per heavy atom. The average molecular weight is 337 g/mol. The maximum atomic E-state index is 12.4. The van der Waals surface area contributed by atoms with Gasteiger partial charge in [-0.1, -0.05) is 30.3 Å². The fourth-order valence-corrected chi connectivity index (χ4v) is 3.42. The molecule has 3 rings (SSSR count). The third-order valence-corrected chi connectivity index (χ3v) is 4.90. The maximum Gasteiger partial charge on any atom is 0.255 e. The molecule has 1 amide bonds. The minimum absolute atomic E-state index is 0.0770. The maximum absolute atomic E-state index is 12.4. The molecule has 0 aliphatic carbocycles. The molecule has 5 nitrogen and oxygen atoms in total. The summed E-state index contributed by atoms with van der Waals surface area (Å²) in [5.74, 6) is 0.913. The number of aryl methyl sites for hydroxylation is 1. The van der Waals surface area contributed by atoms with Crippen LogP contribution in [0.4, 0.5) is 0 Å². The highest BCUT2D eigenvalue weighted by Gasteiger charge is 2.28. The second-order valence-corrected chi connectivity index (χ2v) is 6.72. The molecule has 1 aliphatic rings. The Morgan fingerprint density at radius 3 is 2.88 bits per heavy atom. The lowest BCUT2D eigenvalue weighted by molar-refractivity contribution is 0.0925. The molecule has 1 fully saturated rings. The highest BCUT2D eigenvalue weighted by Crippen LogP contribution is 2.22. The van der Waals surface area contributed by atoms with Crippen LogP contribution in [0.2, 0.25) is 0 Å². The van der Waals surface area contributed by atoms with Gasteiger partial charge in [0, 0.05) is 25.2 Å². The van der Waals surface area contributed by atoms with Crippen molar-refractivity contribution in [1.82, 2.24) is 10.2 Å². The first-order valence-corrected chi connectivity index (χ1v) is 8.64. The number of nitrogens with one attached hydrogen (secondary N) is 1. The van der Waals surface area contributed by atoms with E-state index in [1.165, 1.54) is 11.6 Å². The van der Waals surface area contributed by atoms with Crippen molar-refractivity contribution in [3.8, 4) is 6.07 Å². The highest BCUT2D eigenvalue weighted by atomic mass is 16.3. The monoisotopic (exact) mass is 337 g/mol. The first-order chi connectivity index (χ1) is 12.1. The number of furan rings is 1. The molecule has 1 saturated heterocycles. The van der Waals surface area contributed by atoms with Crippen LogP contribution < -0.4 is 5.32 Å². The van der Waals surface area contributed by atoms with Crippen LogP contribution in [-0.4, -0.2) is 29.9 Å². The predicted molar refractivity (Wildman–Crippen MR) is 94.9 cm³/mol. The van der Waals surface area contributed by atoms with Crippen LogP contribution in [0.25, 0.3) is 0 Å². The van der Waals surface area contributed by atoms with Crippen molar-refractivity contribution < 1.29 is 9.21 Å². The van der Waals surface area contributed by atoms with Gasteiger partial charge in [-0.2, -0.15) is 5.26 Å². The molecule has 5 heteroatoms. The molecule has 2 aromatic rings. The van der Waals surface area contributed by atoms with E-state index >= 15 is 0 Å². The van der Waals surface area contributed by atoms with E-state index in [0.29, 0.717) is 17.2 Å². The van der Waals surface area contributed by atoms with Crippen molar-refractivity contribution in [2.24, 2.45) is 5.92 Å². The number of hydrogen-bond donors (Lipinski definition) is 1. The molecule has 2 atom stereocenters. The van der Waals surface area contributed by atoms with Crippen LogP contribution in [0.1, 0.15) is 40.8 Å². The Balaban J connectivity index is 1.55. The molecule has 0 spiro atoms. The smallest absolute Gasteiger partial charge is 0.255 e. The van der Waals surface area contributed by atoms with Gasteiger partial charge >= 0.3 is 0 Å². The fraction of sp³-hybridized carbons (Fsp3) is 0.400. The molecule has 25 heavy (non-hydrogen) atoms. The van der Waals surface area contributed by atoms with Crippen molar-refractivity contribution in [1.29, 1.82) is 5.26 Å². The van der Waals surface area contributed by atoms with Gasteiger partial charge < -0.3 is 9.73 Å². The minimum atomic E-state index is -0.170. The Labute approximate surface area is 148 Å². The normalized spacial score (nSPS) is 18.7. The van der Waals surface area contributed by atoms with E-state index in [-0.39, 0.29) is 17.7 Å². The van der Waals surface area contributed by atoms with Crippen molar-refractivity contribution in [2.75, 3.05) is 13.1 Å². The predicted octanol–water partition coefficient (Wildman–Crippen LogP) is 3.10. The lowest BCUT2D eigenvalue weighted by atomic mass is 10.00. The Hall–Kier alpha value is -2.58. The molecule has 1 aromatic carbocycles. The van der Waals surface area contributed by atoms with Gasteiger partial charge in [0.05, 0.1) is 5.56 Å². The van der Waals surface area contributed by atoms with Crippen molar-refractivity contribution in [3.05, 3.63) is 59.0 Å². The second kappa shape index (κ2) is 7.54. The number of amides is 1. The zero-order chi connectivity index (χ0) is 17.8. The molecule has 0 saturated carbocycles. The van der Waals surface area contributed by atoms with Gasteiger partial charge in [-0.3, -0.25) is 9.69 Å². The summed E-state index contributed by atoms with van der Waals surface area (Å²) in [7, 11) is 0. The van der Waals surface area contributed by atoms with Crippen LogP contribution in [-0.2, 0) is 6.54 Å². The molecule has 1 aliphatic heterocycles. The van der Waals surface area contributed by atoms with E-state index in [4.69, 9.17) is 9.68 Å². The van der Waals surface area contributed by atoms with Crippen LogP contribution in [0, 0.1) is 24.2 Å². The van der Waals surface area contributed by atoms with Gasteiger partial charge in [0.1, 0.15) is 11.8 Å². The summed E-state index contributed by atoms with van der Waals surface area (Å²) in [5, 5.41) is 11.9. The number of likely N-dealkylation sites (tertiary alicyclic amines) is 1. The molecular formula is C20H23N3O2. The third kappa shape index (κ3) is 4.09. The average Bonchev–Trinajstić information content (AvgIpc) is 3.22. The molecular weight excluding hydrogens is 314 g/mol. The molecule has 0 bridgehead atoms. The molecule has 130 valence electrons. The fourth-order valence-electron chi connectivity index (χ4n) is 3.42. The quantitative estimate of drug-likeness (QED) is 0.910. The third-order valence-electron chi connectivity index (χ3n) is 4.90. The Kier molecular flexibility index (Phi) is 5.20. The van der Waals surface area contributed by atoms with Gasteiger partial charge in [-0.25, -0.2) is 0 Å². The van der Waals surface area contributed by atoms with Gasteiger partial charge in [-0.05, 0) is 38.3 Å². The summed E-state index contributed by atoms with van der Waals surface area (Å²) >= 11 is 0. The van der Waals surface area contributed by atoms with Crippen molar-refractivity contribution in [3.63, 3.8) is 0 Å². The standard InChI is InChI=1S/C20H23N3O2/c1-14(22-20(24)19-10-18(11-21)25-15(19)2)17-8-9-23(13-17)12-16-6-4-3-5-7-16/h3-7,10,14,17H,8-9,12-13H2,1-2H3,(H,22,24)/t14-,17-/m0/s1. The van der Waals surface area contributed by atoms with Crippen LogP contribution in [0.3, 0.4) is 0 Å². The zero-order valence-electron chi connectivity index (χ0n) is 14.7. The summed E-state index contributed by atoms with van der Waals surface area (Å²) in [6.07, 6.45) is 1.07. The Bertz CT molecular complexity index is 776. The lowest BCUT2D eigenvalue weighted by Gasteiger charge is -2.21. The summed E-state index contributed by atoms with van der Waals surface area (Å²) < 4.78 is 5.25. The number of rotatable bonds is 5. The number of nitrogens with zero attached hydrogens (tertiary/aromatic N) is 2. The van der Waals surface area contributed by atoms with E-state index < -0.39 is 0 Å². The molecule has 1 aromatic heterocycles. The van der Waals surface area contributed by atoms with E-state index in [0.717, 1.165) is 26.1 Å². The van der Waals surface area contributed by atoms with Crippen molar-refractivity contribution in [2.45, 2.75) is 32.9 Å². The van der Waals surface area contributed by atoms with Gasteiger partial charge in [0.15, 0.2) is 0 Å². The van der Waals surface area contributed by atoms with Crippen molar-refractivity contribution >= 4 is 5.91 Å². The van der Waals surface area contributed by atoms with E-state index in [1.807, 2.05) is 12.1 Å². The van der Waals surface area contributed by atoms with E-state index in [9.17, 15) is 4.79 Å². The van der Waals surface area contributed by atoms with Gasteiger partial charge in [0.25, 0.3) is 5.91 Å². The molecule has 2 heterocycles. The van der Waals surface area contributed by atoms with E-state index in [1.54, 1.807) is 6.92 Å². The SMILES string of the molecule is Cc1oc(C#N)cc1C(=O)N[C@@H](C)[C@H]1CCN(Cc2ccccc2)C1. The Morgan fingerprint density at radius 1 is 1.44 bits per heavy atom. The number of carbonyl (C=O) groups excluding carboxylic acids is 1. The summed E-state index contributed by atoms with van der Waals surface area (Å²) in [5.41, 5.74) is 1.76. The largest absolute Gasteiger partial charge is 0.450 e. The topological polar surface area (TPSA) is 69.3 Å². The van der Waals surface area contributed by atoms with Crippen LogP contribution >= 0.6 is 0 Å². The minimum Gasteiger partial charge on any atom is -0.450 e. The molecule has 0 radical (unpaired) electrons. The van der Waals surface area contributed by atoms with Crippen LogP contribution in [0.15, 0.2) is 40.8 Å². The number of carbonyl (C=O) groups is 1. The summed E-state index contributed by atoms with van der Waals surface area (Å²) in [6.45, 7) is 6.73. The summed E-state index contributed by atoms with van der Waals surface area (Å²) in [6, 6.07) is 14.0. The first kappa shape index (κ1) is 17.2. The molecule has 1 N–H and O–H groups in total. The lowest BCUT2D eigenvalue weighted by Crippen LogP contribution is -2.39. The summed E-state index contributed by atoms with van der Waals surface area (Å²) in [4.78, 5) is 14.9. The van der Waals surface area contributed by atoms with E-state index in [2.05, 4.69) is 41.4 Å².